The predicted molar refractivity (Wildman–Crippen MR) is 81.6 cm³/mol. The van der Waals surface area contributed by atoms with Crippen LogP contribution in [0.5, 0.6) is 17.2 Å². The maximum absolute atomic E-state index is 11.3. The Morgan fingerprint density at radius 2 is 1.85 bits per heavy atom. The van der Waals surface area contributed by atoms with E-state index in [9.17, 15) is 4.79 Å². The van der Waals surface area contributed by atoms with Crippen LogP contribution in [0.4, 0.5) is 5.69 Å². The van der Waals surface area contributed by atoms with Crippen molar-refractivity contribution in [2.45, 2.75) is 6.92 Å². The summed E-state index contributed by atoms with van der Waals surface area (Å²) in [4.78, 5) is 11.3. The number of ether oxygens (including phenoxy) is 2. The molecule has 0 aromatic heterocycles. The quantitative estimate of drug-likeness (QED) is 0.676. The Kier molecular flexibility index (Phi) is 4.29. The van der Waals surface area contributed by atoms with Crippen molar-refractivity contribution in [2.24, 2.45) is 0 Å². The van der Waals surface area contributed by atoms with Gasteiger partial charge in [0.25, 0.3) is 0 Å². The lowest BCUT2D eigenvalue weighted by Crippen LogP contribution is -1.99. The molecular weight excluding hydrogens is 322 g/mol. The van der Waals surface area contributed by atoms with Gasteiger partial charge in [0, 0.05) is 17.3 Å². The van der Waals surface area contributed by atoms with E-state index in [1.165, 1.54) is 6.92 Å². The number of halogens is 1. The molecule has 0 saturated heterocycles. The van der Waals surface area contributed by atoms with Crippen LogP contribution in [-0.4, -0.2) is 12.9 Å². The summed E-state index contributed by atoms with van der Waals surface area (Å²) in [5, 5.41) is 0. The molecule has 0 saturated carbocycles. The zero-order chi connectivity index (χ0) is 14.7. The number of Topliss-reactive ketones (excluding diaryl/α,β-unsaturated/α-hetero) is 1. The van der Waals surface area contributed by atoms with E-state index in [-0.39, 0.29) is 5.78 Å². The van der Waals surface area contributed by atoms with Gasteiger partial charge in [0.1, 0.15) is 17.2 Å². The number of hydrogen-bond acceptors (Lipinski definition) is 4. The Morgan fingerprint density at radius 3 is 2.40 bits per heavy atom. The molecule has 0 heterocycles. The highest BCUT2D eigenvalue weighted by Gasteiger charge is 2.08. The molecular formula is C15H14BrNO3. The second-order valence-corrected chi connectivity index (χ2v) is 5.06. The van der Waals surface area contributed by atoms with Gasteiger partial charge < -0.3 is 15.2 Å². The van der Waals surface area contributed by atoms with Crippen molar-refractivity contribution >= 4 is 27.4 Å². The molecule has 4 nitrogen and oxygen atoms in total. The van der Waals surface area contributed by atoms with Gasteiger partial charge in [-0.3, -0.25) is 4.79 Å². The van der Waals surface area contributed by atoms with Crippen LogP contribution >= 0.6 is 15.9 Å². The summed E-state index contributed by atoms with van der Waals surface area (Å²) in [7, 11) is 1.60. The number of hydrogen-bond donors (Lipinski definition) is 1. The smallest absolute Gasteiger partial charge is 0.161 e. The average Bonchev–Trinajstić information content (AvgIpc) is 2.40. The van der Waals surface area contributed by atoms with E-state index in [2.05, 4.69) is 15.9 Å². The topological polar surface area (TPSA) is 61.5 Å². The molecule has 104 valence electrons. The summed E-state index contributed by atoms with van der Waals surface area (Å²) in [5.41, 5.74) is 6.72. The zero-order valence-corrected chi connectivity index (χ0v) is 12.7. The molecule has 0 fully saturated rings. The average molecular weight is 336 g/mol. The van der Waals surface area contributed by atoms with Crippen molar-refractivity contribution in [2.75, 3.05) is 12.8 Å². The van der Waals surface area contributed by atoms with Gasteiger partial charge in [0.05, 0.1) is 11.6 Å². The fraction of sp³-hybridized carbons (Fsp3) is 0.133. The van der Waals surface area contributed by atoms with Crippen LogP contribution in [0.3, 0.4) is 0 Å². The van der Waals surface area contributed by atoms with Crippen molar-refractivity contribution in [3.63, 3.8) is 0 Å². The van der Waals surface area contributed by atoms with Gasteiger partial charge in [-0.2, -0.15) is 0 Å². The minimum absolute atomic E-state index is 0.0697. The Morgan fingerprint density at radius 1 is 1.15 bits per heavy atom. The lowest BCUT2D eigenvalue weighted by Gasteiger charge is -2.10. The fourth-order valence-electron chi connectivity index (χ4n) is 1.74. The summed E-state index contributed by atoms with van der Waals surface area (Å²) >= 11 is 3.41. The van der Waals surface area contributed by atoms with Gasteiger partial charge in [0.2, 0.25) is 0 Å². The molecule has 0 unspecified atom stereocenters. The molecule has 0 aliphatic heterocycles. The van der Waals surface area contributed by atoms with Crippen LogP contribution in [0.15, 0.2) is 40.9 Å². The summed E-state index contributed by atoms with van der Waals surface area (Å²) < 4.78 is 11.6. The van der Waals surface area contributed by atoms with Crippen LogP contribution in [0, 0.1) is 0 Å². The molecule has 0 amide bonds. The highest BCUT2D eigenvalue weighted by Crippen LogP contribution is 2.33. The van der Waals surface area contributed by atoms with E-state index < -0.39 is 0 Å². The molecule has 0 spiro atoms. The number of methoxy groups -OCH3 is 1. The summed E-state index contributed by atoms with van der Waals surface area (Å²) in [6.07, 6.45) is 0. The normalized spacial score (nSPS) is 10.2. The Hall–Kier alpha value is -2.01. The van der Waals surface area contributed by atoms with E-state index in [0.717, 1.165) is 10.2 Å². The number of carbonyl (C=O) groups is 1. The second kappa shape index (κ2) is 5.96. The van der Waals surface area contributed by atoms with Gasteiger partial charge in [-0.05, 0) is 53.2 Å². The number of benzene rings is 2. The van der Waals surface area contributed by atoms with Crippen molar-refractivity contribution in [3.05, 3.63) is 46.4 Å². The van der Waals surface area contributed by atoms with Gasteiger partial charge in [-0.15, -0.1) is 0 Å². The molecule has 2 N–H and O–H groups in total. The number of rotatable bonds is 4. The molecule has 0 aliphatic carbocycles. The fourth-order valence-corrected chi connectivity index (χ4v) is 2.18. The lowest BCUT2D eigenvalue weighted by molar-refractivity contribution is 0.101. The second-order valence-electron chi connectivity index (χ2n) is 4.20. The van der Waals surface area contributed by atoms with Crippen LogP contribution in [0.1, 0.15) is 17.3 Å². The van der Waals surface area contributed by atoms with E-state index in [1.807, 2.05) is 6.07 Å². The highest BCUT2D eigenvalue weighted by molar-refractivity contribution is 9.10. The molecule has 0 radical (unpaired) electrons. The van der Waals surface area contributed by atoms with Gasteiger partial charge in [0.15, 0.2) is 5.78 Å². The summed E-state index contributed by atoms with van der Waals surface area (Å²) in [6, 6.07) is 10.4. The van der Waals surface area contributed by atoms with Crippen LogP contribution in [0.25, 0.3) is 0 Å². The van der Waals surface area contributed by atoms with Gasteiger partial charge >= 0.3 is 0 Å². The third kappa shape index (κ3) is 3.11. The minimum Gasteiger partial charge on any atom is -0.497 e. The first kappa shape index (κ1) is 14.4. The molecule has 20 heavy (non-hydrogen) atoms. The molecule has 5 heteroatoms. The molecule has 0 aliphatic rings. The highest BCUT2D eigenvalue weighted by atomic mass is 79.9. The van der Waals surface area contributed by atoms with E-state index in [4.69, 9.17) is 15.2 Å². The Bertz CT molecular complexity index is 656. The van der Waals surface area contributed by atoms with Crippen LogP contribution in [-0.2, 0) is 0 Å². The number of ketones is 1. The van der Waals surface area contributed by atoms with E-state index in [0.29, 0.717) is 22.7 Å². The van der Waals surface area contributed by atoms with Gasteiger partial charge in [-0.1, -0.05) is 0 Å². The van der Waals surface area contributed by atoms with Crippen molar-refractivity contribution < 1.29 is 14.3 Å². The van der Waals surface area contributed by atoms with Crippen LogP contribution < -0.4 is 15.2 Å². The van der Waals surface area contributed by atoms with Gasteiger partial charge in [-0.25, -0.2) is 0 Å². The largest absolute Gasteiger partial charge is 0.497 e. The molecule has 2 aromatic rings. The number of carbonyl (C=O) groups excluding carboxylic acids is 1. The Labute approximate surface area is 125 Å². The van der Waals surface area contributed by atoms with Crippen molar-refractivity contribution in [1.29, 1.82) is 0 Å². The molecule has 0 bridgehead atoms. The maximum atomic E-state index is 11.3. The molecule has 0 atom stereocenters. The predicted octanol–water partition coefficient (Wildman–Crippen LogP) is 4.03. The monoisotopic (exact) mass is 335 g/mol. The first-order valence-corrected chi connectivity index (χ1v) is 6.72. The zero-order valence-electron chi connectivity index (χ0n) is 11.1. The maximum Gasteiger partial charge on any atom is 0.161 e. The van der Waals surface area contributed by atoms with Crippen molar-refractivity contribution in [3.8, 4) is 17.2 Å². The Balaban J connectivity index is 2.26. The minimum atomic E-state index is -0.0697. The number of nitrogens with two attached hydrogens (primary N) is 1. The lowest BCUT2D eigenvalue weighted by atomic mass is 10.1. The summed E-state index contributed by atoms with van der Waals surface area (Å²) in [6.45, 7) is 1.48. The van der Waals surface area contributed by atoms with E-state index in [1.54, 1.807) is 37.4 Å². The first-order chi connectivity index (χ1) is 9.51. The third-order valence-corrected chi connectivity index (χ3v) is 3.39. The molecule has 2 aromatic carbocycles. The van der Waals surface area contributed by atoms with Crippen LogP contribution in [0.2, 0.25) is 0 Å². The SMILES string of the molecule is COc1ccc(Oc2ccc(C(C)=O)c(N)c2)c(Br)c1. The third-order valence-electron chi connectivity index (χ3n) is 2.77. The standard InChI is InChI=1S/C15H14BrNO3/c1-9(18)12-5-3-11(8-14(12)17)20-15-6-4-10(19-2)7-13(15)16/h3-8H,17H2,1-2H3. The summed E-state index contributed by atoms with van der Waals surface area (Å²) in [5.74, 6) is 1.87. The first-order valence-electron chi connectivity index (χ1n) is 5.93. The van der Waals surface area contributed by atoms with E-state index >= 15 is 0 Å². The number of anilines is 1. The van der Waals surface area contributed by atoms with Crippen molar-refractivity contribution in [1.82, 2.24) is 0 Å². The number of nitrogen functional groups attached to an aromatic ring is 1. The molecule has 2 rings (SSSR count).